The van der Waals surface area contributed by atoms with Gasteiger partial charge in [0.05, 0.1) is 22.1 Å². The van der Waals surface area contributed by atoms with Crippen LogP contribution in [0.25, 0.3) is 105 Å². The highest BCUT2D eigenvalue weighted by atomic mass is 15.1. The van der Waals surface area contributed by atoms with Crippen LogP contribution < -0.4 is 0 Å². The Morgan fingerprint density at radius 3 is 1.69 bits per heavy atom. The molecule has 1 aliphatic rings. The molecule has 11 rings (SSSR count). The number of nitrogens with zero attached hydrogens (tertiary/aromatic N) is 3. The molecule has 3 heteroatoms. The lowest BCUT2D eigenvalue weighted by Gasteiger charge is -2.18. The Morgan fingerprint density at radius 2 is 0.922 bits per heavy atom. The number of aromatic nitrogens is 3. The predicted molar refractivity (Wildman–Crippen MR) is 212 cm³/mol. The van der Waals surface area contributed by atoms with E-state index in [0.717, 1.165) is 44.7 Å². The van der Waals surface area contributed by atoms with E-state index in [-0.39, 0.29) is 0 Å². The summed E-state index contributed by atoms with van der Waals surface area (Å²) in [5.74, 6) is 0.818. The lowest BCUT2D eigenvalue weighted by Crippen LogP contribution is -2.05. The van der Waals surface area contributed by atoms with E-state index in [2.05, 4.69) is 168 Å². The van der Waals surface area contributed by atoms with Gasteiger partial charge in [0.25, 0.3) is 0 Å². The largest absolute Gasteiger partial charge is 0.291 e. The molecule has 0 amide bonds. The third-order valence-corrected chi connectivity index (χ3v) is 10.5. The minimum atomic E-state index is 0.818. The molecule has 10 aromatic rings. The Labute approximate surface area is 294 Å². The number of para-hydroxylation sites is 2. The summed E-state index contributed by atoms with van der Waals surface area (Å²) in [6, 6.07) is 63.0. The Hall–Kier alpha value is -6.84. The van der Waals surface area contributed by atoms with Crippen LogP contribution in [0.5, 0.6) is 0 Å². The van der Waals surface area contributed by atoms with E-state index in [9.17, 15) is 0 Å². The molecule has 0 spiro atoms. The fourth-order valence-corrected chi connectivity index (χ4v) is 8.31. The molecule has 0 N–H and O–H groups in total. The van der Waals surface area contributed by atoms with Gasteiger partial charge < -0.3 is 0 Å². The zero-order valence-corrected chi connectivity index (χ0v) is 27.6. The molecule has 0 radical (unpaired) electrons. The molecule has 0 saturated heterocycles. The van der Waals surface area contributed by atoms with E-state index in [1.165, 1.54) is 60.5 Å². The molecular weight excluding hydrogens is 619 g/mol. The van der Waals surface area contributed by atoms with Crippen molar-refractivity contribution in [3.63, 3.8) is 0 Å². The number of hydrogen-bond donors (Lipinski definition) is 0. The summed E-state index contributed by atoms with van der Waals surface area (Å²) in [5.41, 5.74) is 15.5. The zero-order valence-electron chi connectivity index (χ0n) is 27.6. The van der Waals surface area contributed by atoms with Gasteiger partial charge in [0, 0.05) is 21.9 Å². The molecule has 0 unspecified atom stereocenters. The molecule has 51 heavy (non-hydrogen) atoms. The average Bonchev–Trinajstić information content (AvgIpc) is 3.49. The van der Waals surface area contributed by atoms with Gasteiger partial charge in [0.15, 0.2) is 5.82 Å². The molecule has 2 aromatic heterocycles. The van der Waals surface area contributed by atoms with Crippen molar-refractivity contribution in [2.75, 3.05) is 0 Å². The summed E-state index contributed by atoms with van der Waals surface area (Å²) in [4.78, 5) is 10.9. The summed E-state index contributed by atoms with van der Waals surface area (Å²) in [6.07, 6.45) is 0. The first-order valence-electron chi connectivity index (χ1n) is 17.4. The molecular formula is C48H29N3. The Balaban J connectivity index is 1.35. The summed E-state index contributed by atoms with van der Waals surface area (Å²) in [5, 5.41) is 4.99. The lowest BCUT2D eigenvalue weighted by molar-refractivity contribution is 1.08. The van der Waals surface area contributed by atoms with Crippen LogP contribution in [0, 0.1) is 0 Å². The number of benzene rings is 8. The van der Waals surface area contributed by atoms with Crippen LogP contribution in [0.4, 0.5) is 0 Å². The fraction of sp³-hybridized carbons (Fsp3) is 0. The molecule has 2 heterocycles. The quantitative estimate of drug-likeness (QED) is 0.190. The van der Waals surface area contributed by atoms with Crippen LogP contribution in [-0.4, -0.2) is 14.5 Å². The van der Waals surface area contributed by atoms with Gasteiger partial charge in [-0.05, 0) is 80.0 Å². The molecule has 8 aromatic carbocycles. The number of rotatable bonds is 4. The highest BCUT2D eigenvalue weighted by Gasteiger charge is 2.28. The summed E-state index contributed by atoms with van der Waals surface area (Å²) in [6.45, 7) is 0. The number of hydrogen-bond acceptors (Lipinski definition) is 2. The van der Waals surface area contributed by atoms with Crippen molar-refractivity contribution in [1.82, 2.24) is 14.5 Å². The summed E-state index contributed by atoms with van der Waals surface area (Å²) < 4.78 is 2.41. The maximum atomic E-state index is 5.53. The summed E-state index contributed by atoms with van der Waals surface area (Å²) in [7, 11) is 0. The SMILES string of the molecule is c1ccc(-c2cccc(-c3nc4ccccc4nc3-n3c4cccc5c4c4c6c(cccc6cc(-c6ccccc6)c43)-c3ccccc3-5)c2)cc1. The first-order valence-corrected chi connectivity index (χ1v) is 17.4. The van der Waals surface area contributed by atoms with E-state index in [4.69, 9.17) is 9.97 Å². The van der Waals surface area contributed by atoms with Gasteiger partial charge in [-0.25, -0.2) is 9.97 Å². The highest BCUT2D eigenvalue weighted by molar-refractivity contribution is 6.32. The van der Waals surface area contributed by atoms with Crippen LogP contribution in [0.2, 0.25) is 0 Å². The first-order chi connectivity index (χ1) is 25.3. The maximum Gasteiger partial charge on any atom is 0.165 e. The maximum absolute atomic E-state index is 5.53. The summed E-state index contributed by atoms with van der Waals surface area (Å²) >= 11 is 0. The second-order valence-corrected chi connectivity index (χ2v) is 13.3. The Kier molecular flexibility index (Phi) is 5.96. The predicted octanol–water partition coefficient (Wildman–Crippen LogP) is 12.5. The molecule has 0 fully saturated rings. The smallest absolute Gasteiger partial charge is 0.165 e. The van der Waals surface area contributed by atoms with E-state index >= 15 is 0 Å². The van der Waals surface area contributed by atoms with Gasteiger partial charge in [-0.15, -0.1) is 0 Å². The monoisotopic (exact) mass is 647 g/mol. The molecule has 3 nitrogen and oxygen atoms in total. The van der Waals surface area contributed by atoms with Crippen molar-refractivity contribution < 1.29 is 0 Å². The lowest BCUT2D eigenvalue weighted by atomic mass is 9.91. The molecule has 0 atom stereocenters. The van der Waals surface area contributed by atoms with Gasteiger partial charge in [0.1, 0.15) is 5.69 Å². The standard InChI is InChI=1S/C48H29N3/c1-3-14-30(15-4-1)32-18-11-20-34(28-32)46-48(50-41-26-10-9-25-40(41)49-46)51-42-27-13-24-38-36-22-8-7-21-35(36)37-23-12-19-33-29-39(31-16-5-2-6-17-31)47(51)45(43(33)37)44(38)42/h1-29H. The van der Waals surface area contributed by atoms with Gasteiger partial charge in [-0.2, -0.15) is 0 Å². The molecule has 236 valence electrons. The fourth-order valence-electron chi connectivity index (χ4n) is 8.31. The minimum absolute atomic E-state index is 0.818. The first kappa shape index (κ1) is 28.0. The second kappa shape index (κ2) is 10.8. The normalized spacial score (nSPS) is 11.9. The van der Waals surface area contributed by atoms with Crippen LogP contribution in [0.15, 0.2) is 176 Å². The van der Waals surface area contributed by atoms with Gasteiger partial charge in [-0.1, -0.05) is 146 Å². The Morgan fingerprint density at radius 1 is 0.353 bits per heavy atom. The van der Waals surface area contributed by atoms with Crippen LogP contribution in [-0.2, 0) is 0 Å². The number of fused-ring (bicyclic) bond motifs is 4. The van der Waals surface area contributed by atoms with Crippen molar-refractivity contribution in [3.05, 3.63) is 176 Å². The van der Waals surface area contributed by atoms with Crippen molar-refractivity contribution in [1.29, 1.82) is 0 Å². The third kappa shape index (κ3) is 4.12. The van der Waals surface area contributed by atoms with E-state index in [1.807, 2.05) is 12.1 Å². The van der Waals surface area contributed by atoms with Gasteiger partial charge in [-0.3, -0.25) is 4.57 Å². The van der Waals surface area contributed by atoms with E-state index in [0.29, 0.717) is 0 Å². The van der Waals surface area contributed by atoms with Crippen molar-refractivity contribution in [2.24, 2.45) is 0 Å². The molecule has 0 saturated carbocycles. The van der Waals surface area contributed by atoms with E-state index in [1.54, 1.807) is 0 Å². The molecule has 0 bridgehead atoms. The van der Waals surface area contributed by atoms with Crippen LogP contribution >= 0.6 is 0 Å². The van der Waals surface area contributed by atoms with Gasteiger partial charge in [0.2, 0.25) is 0 Å². The highest BCUT2D eigenvalue weighted by Crippen LogP contribution is 2.52. The second-order valence-electron chi connectivity index (χ2n) is 13.3. The third-order valence-electron chi connectivity index (χ3n) is 10.5. The van der Waals surface area contributed by atoms with Crippen molar-refractivity contribution >= 4 is 43.6 Å². The van der Waals surface area contributed by atoms with Crippen LogP contribution in [0.3, 0.4) is 0 Å². The molecule has 1 aliphatic carbocycles. The van der Waals surface area contributed by atoms with E-state index < -0.39 is 0 Å². The topological polar surface area (TPSA) is 30.7 Å². The van der Waals surface area contributed by atoms with Crippen LogP contribution in [0.1, 0.15) is 0 Å². The van der Waals surface area contributed by atoms with Crippen molar-refractivity contribution in [2.45, 2.75) is 0 Å². The van der Waals surface area contributed by atoms with Gasteiger partial charge >= 0.3 is 0 Å². The average molecular weight is 648 g/mol. The zero-order chi connectivity index (χ0) is 33.5. The Bertz CT molecular complexity index is 3010. The van der Waals surface area contributed by atoms with Crippen molar-refractivity contribution in [3.8, 4) is 61.6 Å². The molecule has 0 aliphatic heterocycles. The minimum Gasteiger partial charge on any atom is -0.291 e.